The number of amides is 1. The number of nitrogens with one attached hydrogen (secondary N) is 1. The molecule has 4 aromatic rings. The lowest BCUT2D eigenvalue weighted by atomic mass is 9.90. The molecule has 1 aliphatic heterocycles. The van der Waals surface area contributed by atoms with E-state index in [2.05, 4.69) is 27.1 Å². The van der Waals surface area contributed by atoms with Gasteiger partial charge in [-0.25, -0.2) is 9.97 Å². The van der Waals surface area contributed by atoms with Gasteiger partial charge in [-0.05, 0) is 23.8 Å². The fraction of sp³-hybridized carbons (Fsp3) is 0.174. The Bertz CT molecular complexity index is 1330. The fourth-order valence-corrected chi connectivity index (χ4v) is 3.95. The summed E-state index contributed by atoms with van der Waals surface area (Å²) >= 11 is 0. The summed E-state index contributed by atoms with van der Waals surface area (Å²) in [5.74, 6) is -0.0726. The predicted molar refractivity (Wildman–Crippen MR) is 117 cm³/mol. The van der Waals surface area contributed by atoms with Gasteiger partial charge in [0.25, 0.3) is 17.9 Å². The summed E-state index contributed by atoms with van der Waals surface area (Å²) in [6, 6.07) is 15.2. The summed E-state index contributed by atoms with van der Waals surface area (Å²) in [6.07, 6.45) is 3.16. The largest absolute Gasteiger partial charge is 0.483 e. The zero-order valence-corrected chi connectivity index (χ0v) is 17.3. The van der Waals surface area contributed by atoms with Crippen LogP contribution in [-0.4, -0.2) is 48.4 Å². The molecule has 2 N–H and O–H groups in total. The zero-order valence-electron chi connectivity index (χ0n) is 17.3. The molecule has 0 saturated heterocycles. The number of aromatic nitrogens is 4. The van der Waals surface area contributed by atoms with E-state index in [1.54, 1.807) is 31.6 Å². The number of aromatic amines is 1. The van der Waals surface area contributed by atoms with Gasteiger partial charge in [0.2, 0.25) is 0 Å². The zero-order chi connectivity index (χ0) is 22.7. The van der Waals surface area contributed by atoms with Gasteiger partial charge >= 0.3 is 0 Å². The molecule has 2 aromatic heterocycles. The Morgan fingerprint density at radius 3 is 2.69 bits per heavy atom. The number of carbonyl (C=O) groups is 2. The third-order valence-electron chi connectivity index (χ3n) is 5.49. The number of hydrogen-bond donors (Lipinski definition) is 2. The van der Waals surface area contributed by atoms with E-state index in [4.69, 9.17) is 9.90 Å². The SMILES string of the molecule is Cn1cnc2cc(C(=O)N3Cc4[nH]cnc4C(c4ccccc4)C3)ccc2c1=O.O=CO. The number of benzene rings is 2. The van der Waals surface area contributed by atoms with Gasteiger partial charge in [0.15, 0.2) is 0 Å². The third kappa shape index (κ3) is 3.87. The van der Waals surface area contributed by atoms with Gasteiger partial charge in [-0.2, -0.15) is 0 Å². The van der Waals surface area contributed by atoms with E-state index in [0.29, 0.717) is 29.6 Å². The normalized spacial score (nSPS) is 14.9. The molecule has 2 aromatic carbocycles. The van der Waals surface area contributed by atoms with Crippen LogP contribution in [0.2, 0.25) is 0 Å². The van der Waals surface area contributed by atoms with E-state index < -0.39 is 0 Å². The molecule has 3 heterocycles. The lowest BCUT2D eigenvalue weighted by molar-refractivity contribution is -0.122. The minimum absolute atomic E-state index is 0.0148. The second kappa shape index (κ2) is 8.84. The Morgan fingerprint density at radius 1 is 1.19 bits per heavy atom. The molecule has 9 nitrogen and oxygen atoms in total. The number of hydrogen-bond acceptors (Lipinski definition) is 5. The highest BCUT2D eigenvalue weighted by Gasteiger charge is 2.31. The molecule has 0 bridgehead atoms. The molecule has 1 amide bonds. The minimum atomic E-state index is -0.250. The van der Waals surface area contributed by atoms with Crippen molar-refractivity contribution in [2.75, 3.05) is 6.54 Å². The molecule has 32 heavy (non-hydrogen) atoms. The highest BCUT2D eigenvalue weighted by molar-refractivity contribution is 5.97. The molecule has 0 radical (unpaired) electrons. The summed E-state index contributed by atoms with van der Waals surface area (Å²) < 4.78 is 1.43. The Balaban J connectivity index is 0.000000775. The van der Waals surface area contributed by atoms with Gasteiger partial charge in [0.1, 0.15) is 0 Å². The summed E-state index contributed by atoms with van der Waals surface area (Å²) in [6.45, 7) is 0.766. The van der Waals surface area contributed by atoms with Crippen LogP contribution in [-0.2, 0) is 18.4 Å². The van der Waals surface area contributed by atoms with E-state index in [0.717, 1.165) is 17.0 Å². The average Bonchev–Trinajstić information content (AvgIpc) is 3.30. The van der Waals surface area contributed by atoms with Crippen molar-refractivity contribution in [3.05, 3.63) is 94.1 Å². The molecule has 1 unspecified atom stereocenters. The highest BCUT2D eigenvalue weighted by atomic mass is 16.3. The van der Waals surface area contributed by atoms with Crippen LogP contribution in [0.5, 0.6) is 0 Å². The van der Waals surface area contributed by atoms with E-state index in [1.807, 2.05) is 23.1 Å². The van der Waals surface area contributed by atoms with Gasteiger partial charge in [0, 0.05) is 25.1 Å². The number of H-pyrrole nitrogens is 1. The van der Waals surface area contributed by atoms with Crippen molar-refractivity contribution in [2.24, 2.45) is 7.05 Å². The molecule has 5 rings (SSSR count). The first kappa shape index (κ1) is 21.0. The topological polar surface area (TPSA) is 121 Å². The predicted octanol–water partition coefficient (Wildman–Crippen LogP) is 2.15. The smallest absolute Gasteiger partial charge is 0.290 e. The van der Waals surface area contributed by atoms with Crippen molar-refractivity contribution in [1.29, 1.82) is 0 Å². The van der Waals surface area contributed by atoms with E-state index in [9.17, 15) is 9.59 Å². The summed E-state index contributed by atoms with van der Waals surface area (Å²) in [5.41, 5.74) is 3.99. The number of carbonyl (C=O) groups excluding carboxylic acids is 1. The summed E-state index contributed by atoms with van der Waals surface area (Å²) in [5, 5.41) is 7.39. The number of nitrogens with zero attached hydrogens (tertiary/aromatic N) is 4. The fourth-order valence-electron chi connectivity index (χ4n) is 3.95. The number of fused-ring (bicyclic) bond motifs is 2. The number of rotatable bonds is 2. The summed E-state index contributed by atoms with van der Waals surface area (Å²) in [4.78, 5) is 47.7. The van der Waals surface area contributed by atoms with Crippen molar-refractivity contribution < 1.29 is 14.7 Å². The monoisotopic (exact) mass is 431 g/mol. The van der Waals surface area contributed by atoms with E-state index in [-0.39, 0.29) is 23.9 Å². The van der Waals surface area contributed by atoms with Crippen LogP contribution in [0, 0.1) is 0 Å². The lowest BCUT2D eigenvalue weighted by Gasteiger charge is -2.32. The Labute approximate surface area is 183 Å². The maximum absolute atomic E-state index is 13.3. The molecule has 1 aliphatic rings. The van der Waals surface area contributed by atoms with Gasteiger partial charge < -0.3 is 19.6 Å². The van der Waals surface area contributed by atoms with Crippen LogP contribution in [0.25, 0.3) is 10.9 Å². The summed E-state index contributed by atoms with van der Waals surface area (Å²) in [7, 11) is 1.66. The number of aryl methyl sites for hydroxylation is 1. The molecule has 0 saturated carbocycles. The molecule has 0 aliphatic carbocycles. The van der Waals surface area contributed by atoms with Crippen molar-refractivity contribution in [1.82, 2.24) is 24.4 Å². The van der Waals surface area contributed by atoms with Crippen LogP contribution in [0.4, 0.5) is 0 Å². The quantitative estimate of drug-likeness (QED) is 0.469. The standard InChI is InChI=1S/C22H19N5O2.CH2O2/c1-26-13-25-18-9-15(7-8-16(18)22(26)29)21(28)27-10-17(14-5-3-2-4-6-14)20-19(11-27)23-12-24-20;2-1-3/h2-9,12-13,17H,10-11H2,1H3,(H,23,24);1H,(H,2,3). The molecule has 162 valence electrons. The van der Waals surface area contributed by atoms with Crippen LogP contribution in [0.1, 0.15) is 33.2 Å². The van der Waals surface area contributed by atoms with E-state index in [1.165, 1.54) is 10.9 Å². The van der Waals surface area contributed by atoms with Crippen molar-refractivity contribution >= 4 is 23.3 Å². The molecular weight excluding hydrogens is 410 g/mol. The first-order valence-corrected chi connectivity index (χ1v) is 9.93. The van der Waals surface area contributed by atoms with Crippen molar-refractivity contribution in [2.45, 2.75) is 12.5 Å². The van der Waals surface area contributed by atoms with Crippen LogP contribution < -0.4 is 5.56 Å². The van der Waals surface area contributed by atoms with Crippen LogP contribution >= 0.6 is 0 Å². The molecule has 1 atom stereocenters. The van der Waals surface area contributed by atoms with Crippen LogP contribution in [0.3, 0.4) is 0 Å². The van der Waals surface area contributed by atoms with Gasteiger partial charge in [-0.3, -0.25) is 14.4 Å². The number of carboxylic acid groups (broad SMARTS) is 1. The Morgan fingerprint density at radius 2 is 1.94 bits per heavy atom. The number of imidazole rings is 1. The van der Waals surface area contributed by atoms with E-state index >= 15 is 0 Å². The molecular formula is C23H21N5O4. The molecule has 0 fully saturated rings. The Kier molecular flexibility index (Phi) is 5.80. The van der Waals surface area contributed by atoms with Crippen molar-refractivity contribution in [3.63, 3.8) is 0 Å². The first-order valence-electron chi connectivity index (χ1n) is 9.93. The van der Waals surface area contributed by atoms with Crippen molar-refractivity contribution in [3.8, 4) is 0 Å². The minimum Gasteiger partial charge on any atom is -0.483 e. The second-order valence-corrected chi connectivity index (χ2v) is 7.41. The lowest BCUT2D eigenvalue weighted by Crippen LogP contribution is -2.38. The molecule has 9 heteroatoms. The Hall–Kier alpha value is -4.27. The second-order valence-electron chi connectivity index (χ2n) is 7.41. The highest BCUT2D eigenvalue weighted by Crippen LogP contribution is 2.32. The average molecular weight is 431 g/mol. The first-order chi connectivity index (χ1) is 15.5. The van der Waals surface area contributed by atoms with Gasteiger partial charge in [-0.15, -0.1) is 0 Å². The van der Waals surface area contributed by atoms with Gasteiger partial charge in [0.05, 0.1) is 41.5 Å². The maximum atomic E-state index is 13.3. The van der Waals surface area contributed by atoms with Crippen LogP contribution in [0.15, 0.2) is 66.0 Å². The van der Waals surface area contributed by atoms with Gasteiger partial charge in [-0.1, -0.05) is 30.3 Å². The maximum Gasteiger partial charge on any atom is 0.290 e. The molecule has 0 spiro atoms. The third-order valence-corrected chi connectivity index (χ3v) is 5.49.